The van der Waals surface area contributed by atoms with Gasteiger partial charge in [0.25, 0.3) is 0 Å². The van der Waals surface area contributed by atoms with Crippen molar-refractivity contribution in [3.63, 3.8) is 0 Å². The van der Waals surface area contributed by atoms with E-state index in [9.17, 15) is 0 Å². The Hall–Kier alpha value is -8.08. The lowest BCUT2D eigenvalue weighted by molar-refractivity contribution is 0.722. The Labute approximate surface area is 423 Å². The molecule has 1 nitrogen and oxygen atoms in total. The van der Waals surface area contributed by atoms with E-state index >= 15 is 0 Å². The largest absolute Gasteiger partial charge is 0.310 e. The standard InChI is InChI=1S/C68H43NS2/c1-2-18-44(19-3-1)46-20-16-21-47(42-46)45-36-38-48(39-37-45)69(49-40-41-51-50-22-4-6-24-53(50)68(60(51)43-49)57-28-10-14-34-64(57)71-65-35-15-11-29-58(65)68)61-31-17-30-59-66(61)52-23-5-7-25-54(52)67(59)55-26-8-12-32-62(55)70-63-33-13-9-27-56(63)67/h1-43H. The maximum atomic E-state index is 2.56. The molecule has 11 aromatic rings. The van der Waals surface area contributed by atoms with Crippen molar-refractivity contribution in [2.24, 2.45) is 0 Å². The van der Waals surface area contributed by atoms with Gasteiger partial charge >= 0.3 is 0 Å². The third kappa shape index (κ3) is 5.73. The highest BCUT2D eigenvalue weighted by atomic mass is 32.2. The molecule has 2 aliphatic heterocycles. The molecule has 15 rings (SSSR count). The van der Waals surface area contributed by atoms with Crippen LogP contribution in [0.1, 0.15) is 44.5 Å². The van der Waals surface area contributed by atoms with E-state index in [-0.39, 0.29) is 0 Å². The van der Waals surface area contributed by atoms with E-state index in [1.165, 1.54) is 109 Å². The molecule has 0 saturated carbocycles. The number of benzene rings is 11. The molecule has 2 aliphatic carbocycles. The third-order valence-corrected chi connectivity index (χ3v) is 17.9. The van der Waals surface area contributed by atoms with Crippen LogP contribution in [0.15, 0.2) is 280 Å². The van der Waals surface area contributed by atoms with Crippen LogP contribution in [0.25, 0.3) is 44.5 Å². The summed E-state index contributed by atoms with van der Waals surface area (Å²) in [5.74, 6) is 0. The Morgan fingerprint density at radius 2 is 0.662 bits per heavy atom. The van der Waals surface area contributed by atoms with Crippen LogP contribution in [0.4, 0.5) is 17.1 Å². The molecule has 0 aromatic heterocycles. The minimum absolute atomic E-state index is 0.503. The molecule has 71 heavy (non-hydrogen) atoms. The van der Waals surface area contributed by atoms with Crippen molar-refractivity contribution in [2.75, 3.05) is 4.90 Å². The summed E-state index contributed by atoms with van der Waals surface area (Å²) in [4.78, 5) is 7.77. The molecule has 3 heteroatoms. The second kappa shape index (κ2) is 15.7. The molecule has 0 radical (unpaired) electrons. The van der Waals surface area contributed by atoms with Crippen molar-refractivity contribution in [1.29, 1.82) is 0 Å². The molecule has 332 valence electrons. The first kappa shape index (κ1) is 40.8. The Kier molecular flexibility index (Phi) is 9.03. The quantitative estimate of drug-likeness (QED) is 0.169. The first-order valence-electron chi connectivity index (χ1n) is 24.5. The Morgan fingerprint density at radius 3 is 1.25 bits per heavy atom. The summed E-state index contributed by atoms with van der Waals surface area (Å²) in [5, 5.41) is 0. The van der Waals surface area contributed by atoms with Crippen LogP contribution in [0, 0.1) is 0 Å². The van der Waals surface area contributed by atoms with Crippen LogP contribution in [-0.4, -0.2) is 0 Å². The van der Waals surface area contributed by atoms with E-state index in [4.69, 9.17) is 0 Å². The molecule has 11 aromatic carbocycles. The SMILES string of the molecule is c1ccc(-c2cccc(-c3ccc(N(c4ccc5c(c4)C4(c6ccccc6Sc6ccccc64)c4ccccc4-5)c4cccc5c4-c4ccccc4C54c5ccccc5Sc5ccccc54)cc3)c2)cc1. The summed E-state index contributed by atoms with van der Waals surface area (Å²) in [5.41, 5.74) is 22.9. The van der Waals surface area contributed by atoms with Crippen molar-refractivity contribution < 1.29 is 0 Å². The van der Waals surface area contributed by atoms with Gasteiger partial charge in [0.15, 0.2) is 0 Å². The molecule has 2 heterocycles. The van der Waals surface area contributed by atoms with Crippen molar-refractivity contribution in [3.05, 3.63) is 305 Å². The molecule has 0 atom stereocenters. The van der Waals surface area contributed by atoms with Gasteiger partial charge in [-0.1, -0.05) is 224 Å². The maximum absolute atomic E-state index is 2.56. The number of anilines is 3. The zero-order valence-electron chi connectivity index (χ0n) is 38.6. The summed E-state index contributed by atoms with van der Waals surface area (Å²) in [7, 11) is 0. The highest BCUT2D eigenvalue weighted by molar-refractivity contribution is 7.99. The van der Waals surface area contributed by atoms with Gasteiger partial charge in [-0.2, -0.15) is 0 Å². The van der Waals surface area contributed by atoms with E-state index in [0.717, 1.165) is 17.1 Å². The predicted octanol–water partition coefficient (Wildman–Crippen LogP) is 18.1. The van der Waals surface area contributed by atoms with Crippen LogP contribution in [0.2, 0.25) is 0 Å². The Bertz CT molecular complexity index is 3870. The normalized spacial score (nSPS) is 14.3. The zero-order valence-corrected chi connectivity index (χ0v) is 40.2. The van der Waals surface area contributed by atoms with E-state index in [0.29, 0.717) is 0 Å². The predicted molar refractivity (Wildman–Crippen MR) is 295 cm³/mol. The zero-order chi connectivity index (χ0) is 46.7. The first-order valence-corrected chi connectivity index (χ1v) is 26.1. The monoisotopic (exact) mass is 937 g/mol. The molecule has 0 N–H and O–H groups in total. The molecule has 0 amide bonds. The number of fused-ring (bicyclic) bond motifs is 18. The molecule has 4 aliphatic rings. The van der Waals surface area contributed by atoms with Gasteiger partial charge in [-0.25, -0.2) is 0 Å². The van der Waals surface area contributed by atoms with Gasteiger partial charge in [0, 0.05) is 36.5 Å². The van der Waals surface area contributed by atoms with Gasteiger partial charge < -0.3 is 4.90 Å². The fourth-order valence-electron chi connectivity index (χ4n) is 12.8. The van der Waals surface area contributed by atoms with Gasteiger partial charge in [-0.3, -0.25) is 0 Å². The van der Waals surface area contributed by atoms with Gasteiger partial charge in [0.2, 0.25) is 0 Å². The van der Waals surface area contributed by atoms with E-state index in [1.807, 2.05) is 23.5 Å². The van der Waals surface area contributed by atoms with Crippen molar-refractivity contribution in [3.8, 4) is 44.5 Å². The molecule has 0 fully saturated rings. The average Bonchev–Trinajstić information content (AvgIpc) is 3.91. The Morgan fingerprint density at radius 1 is 0.254 bits per heavy atom. The second-order valence-electron chi connectivity index (χ2n) is 19.0. The van der Waals surface area contributed by atoms with Crippen LogP contribution >= 0.6 is 23.5 Å². The van der Waals surface area contributed by atoms with E-state index in [1.54, 1.807) is 0 Å². The van der Waals surface area contributed by atoms with Crippen LogP contribution in [-0.2, 0) is 10.8 Å². The topological polar surface area (TPSA) is 3.24 Å². The lowest BCUT2D eigenvalue weighted by atomic mass is 9.67. The van der Waals surface area contributed by atoms with Gasteiger partial charge in [-0.15, -0.1) is 0 Å². The average molecular weight is 938 g/mol. The maximum Gasteiger partial charge on any atom is 0.0736 e. The van der Waals surface area contributed by atoms with E-state index in [2.05, 4.69) is 266 Å². The number of rotatable bonds is 5. The summed E-state index contributed by atoms with van der Waals surface area (Å²) < 4.78 is 0. The summed E-state index contributed by atoms with van der Waals surface area (Å²) in [6, 6.07) is 98.0. The van der Waals surface area contributed by atoms with Gasteiger partial charge in [-0.05, 0) is 144 Å². The third-order valence-electron chi connectivity index (χ3n) is 15.6. The van der Waals surface area contributed by atoms with Crippen LogP contribution in [0.3, 0.4) is 0 Å². The van der Waals surface area contributed by atoms with Crippen molar-refractivity contribution in [1.82, 2.24) is 0 Å². The molecular formula is C68H43NS2. The summed E-state index contributed by atoms with van der Waals surface area (Å²) >= 11 is 3.78. The number of hydrogen-bond acceptors (Lipinski definition) is 3. The number of nitrogens with zero attached hydrogens (tertiary/aromatic N) is 1. The van der Waals surface area contributed by atoms with E-state index < -0.39 is 10.8 Å². The van der Waals surface area contributed by atoms with Crippen LogP contribution < -0.4 is 4.90 Å². The minimum atomic E-state index is -0.512. The highest BCUT2D eigenvalue weighted by Crippen LogP contribution is 2.66. The molecule has 0 unspecified atom stereocenters. The lowest BCUT2D eigenvalue weighted by Crippen LogP contribution is -2.32. The van der Waals surface area contributed by atoms with Crippen LogP contribution in [0.5, 0.6) is 0 Å². The summed E-state index contributed by atoms with van der Waals surface area (Å²) in [6.07, 6.45) is 0. The first-order chi connectivity index (χ1) is 35.2. The molecule has 0 bridgehead atoms. The fourth-order valence-corrected chi connectivity index (χ4v) is 15.2. The van der Waals surface area contributed by atoms with Gasteiger partial charge in [0.1, 0.15) is 0 Å². The highest BCUT2D eigenvalue weighted by Gasteiger charge is 2.52. The smallest absolute Gasteiger partial charge is 0.0736 e. The summed E-state index contributed by atoms with van der Waals surface area (Å²) in [6.45, 7) is 0. The lowest BCUT2D eigenvalue weighted by Gasteiger charge is -2.40. The van der Waals surface area contributed by atoms with Gasteiger partial charge in [0.05, 0.1) is 16.5 Å². The molecular weight excluding hydrogens is 895 g/mol. The second-order valence-corrected chi connectivity index (χ2v) is 21.2. The van der Waals surface area contributed by atoms with Crippen molar-refractivity contribution >= 4 is 40.6 Å². The fraction of sp³-hybridized carbons (Fsp3) is 0.0294. The number of hydrogen-bond donors (Lipinski definition) is 0. The Balaban J connectivity index is 0.996. The molecule has 0 saturated heterocycles. The minimum Gasteiger partial charge on any atom is -0.310 e. The van der Waals surface area contributed by atoms with Crippen molar-refractivity contribution in [2.45, 2.75) is 30.4 Å². The molecule has 2 spiro atoms.